The van der Waals surface area contributed by atoms with Crippen molar-refractivity contribution in [1.29, 1.82) is 0 Å². The van der Waals surface area contributed by atoms with Crippen molar-refractivity contribution in [2.75, 3.05) is 47.3 Å². The maximum atomic E-state index is 12.2. The molecule has 1 aliphatic heterocycles. The zero-order valence-electron chi connectivity index (χ0n) is 12.5. The number of rotatable bonds is 5. The smallest absolute Gasteiger partial charge is 0.275 e. The van der Waals surface area contributed by atoms with Gasteiger partial charge in [-0.15, -0.1) is 5.10 Å². The third kappa shape index (κ3) is 3.77. The molecule has 0 aromatic carbocycles. The van der Waals surface area contributed by atoms with E-state index in [4.69, 9.17) is 0 Å². The topological polar surface area (TPSA) is 66.3 Å². The van der Waals surface area contributed by atoms with Gasteiger partial charge in [-0.1, -0.05) is 5.21 Å². The van der Waals surface area contributed by atoms with E-state index in [2.05, 4.69) is 20.5 Å². The lowest BCUT2D eigenvalue weighted by molar-refractivity contribution is 0.0780. The molecule has 0 aliphatic carbocycles. The van der Waals surface area contributed by atoms with Gasteiger partial charge in [-0.05, 0) is 40.0 Å². The molecule has 7 nitrogen and oxygen atoms in total. The van der Waals surface area contributed by atoms with Gasteiger partial charge in [0.05, 0.1) is 12.2 Å². The number of aromatic nitrogens is 3. The highest BCUT2D eigenvalue weighted by molar-refractivity contribution is 5.91. The van der Waals surface area contributed by atoms with Crippen LogP contribution in [0.5, 0.6) is 0 Å². The second kappa shape index (κ2) is 6.81. The average Bonchev–Trinajstić information content (AvgIpc) is 2.94. The number of amides is 1. The van der Waals surface area contributed by atoms with Crippen LogP contribution in [0.25, 0.3) is 0 Å². The quantitative estimate of drug-likeness (QED) is 0.811. The first-order chi connectivity index (χ1) is 9.58. The van der Waals surface area contributed by atoms with Crippen molar-refractivity contribution in [2.45, 2.75) is 18.9 Å². The summed E-state index contributed by atoms with van der Waals surface area (Å²) in [7, 11) is 5.78. The fraction of sp³-hybridized carbons (Fsp3) is 0.769. The number of nitrogens with one attached hydrogen (secondary N) is 1. The van der Waals surface area contributed by atoms with Gasteiger partial charge in [-0.3, -0.25) is 4.79 Å². The highest BCUT2D eigenvalue weighted by Crippen LogP contribution is 2.17. The summed E-state index contributed by atoms with van der Waals surface area (Å²) in [5.74, 6) is -0.0629. The van der Waals surface area contributed by atoms with Crippen LogP contribution in [0.2, 0.25) is 0 Å². The first-order valence-electron chi connectivity index (χ1n) is 7.10. The lowest BCUT2D eigenvalue weighted by Gasteiger charge is -2.22. The zero-order valence-corrected chi connectivity index (χ0v) is 12.5. The van der Waals surface area contributed by atoms with Gasteiger partial charge in [0.15, 0.2) is 5.69 Å². The van der Waals surface area contributed by atoms with Crippen LogP contribution < -0.4 is 5.32 Å². The van der Waals surface area contributed by atoms with Gasteiger partial charge in [0.2, 0.25) is 0 Å². The molecule has 1 amide bonds. The van der Waals surface area contributed by atoms with Crippen molar-refractivity contribution >= 4 is 5.91 Å². The molecule has 1 aromatic rings. The van der Waals surface area contributed by atoms with Gasteiger partial charge in [-0.2, -0.15) is 0 Å². The van der Waals surface area contributed by atoms with Crippen LogP contribution >= 0.6 is 0 Å². The fourth-order valence-corrected chi connectivity index (χ4v) is 2.27. The Bertz CT molecular complexity index is 438. The minimum atomic E-state index is -0.0629. The van der Waals surface area contributed by atoms with E-state index >= 15 is 0 Å². The molecule has 2 heterocycles. The zero-order chi connectivity index (χ0) is 14.5. The molecule has 2 rings (SSSR count). The number of carbonyl (C=O) groups excluding carboxylic acids is 1. The van der Waals surface area contributed by atoms with E-state index in [0.29, 0.717) is 18.3 Å². The van der Waals surface area contributed by atoms with Crippen LogP contribution in [0.4, 0.5) is 0 Å². The molecule has 0 unspecified atom stereocenters. The van der Waals surface area contributed by atoms with Crippen molar-refractivity contribution in [3.8, 4) is 0 Å². The Morgan fingerprint density at radius 1 is 1.35 bits per heavy atom. The number of nitrogens with zero attached hydrogens (tertiary/aromatic N) is 5. The summed E-state index contributed by atoms with van der Waals surface area (Å²) >= 11 is 0. The number of piperidine rings is 1. The second-order valence-corrected chi connectivity index (χ2v) is 5.59. The molecule has 0 bridgehead atoms. The van der Waals surface area contributed by atoms with Crippen LogP contribution in [-0.4, -0.2) is 78.0 Å². The number of likely N-dealkylation sites (N-methyl/N-ethyl adjacent to an activating group) is 2. The Morgan fingerprint density at radius 3 is 2.70 bits per heavy atom. The van der Waals surface area contributed by atoms with Crippen LogP contribution in [0.3, 0.4) is 0 Å². The highest BCUT2D eigenvalue weighted by atomic mass is 16.2. The Labute approximate surface area is 119 Å². The largest absolute Gasteiger partial charge is 0.339 e. The van der Waals surface area contributed by atoms with Gasteiger partial charge in [-0.25, -0.2) is 4.68 Å². The maximum absolute atomic E-state index is 12.2. The van der Waals surface area contributed by atoms with E-state index in [-0.39, 0.29) is 5.91 Å². The Morgan fingerprint density at radius 2 is 2.05 bits per heavy atom. The summed E-state index contributed by atoms with van der Waals surface area (Å²) in [5, 5.41) is 11.5. The molecule has 20 heavy (non-hydrogen) atoms. The molecule has 1 N–H and O–H groups in total. The summed E-state index contributed by atoms with van der Waals surface area (Å²) in [6, 6.07) is 0.359. The first-order valence-corrected chi connectivity index (χ1v) is 7.10. The molecule has 0 spiro atoms. The number of hydrogen-bond donors (Lipinski definition) is 1. The second-order valence-electron chi connectivity index (χ2n) is 5.59. The van der Waals surface area contributed by atoms with Crippen molar-refractivity contribution in [3.63, 3.8) is 0 Å². The van der Waals surface area contributed by atoms with Gasteiger partial charge >= 0.3 is 0 Å². The third-order valence-corrected chi connectivity index (χ3v) is 3.64. The van der Waals surface area contributed by atoms with Crippen molar-refractivity contribution in [3.05, 3.63) is 11.9 Å². The number of carbonyl (C=O) groups is 1. The van der Waals surface area contributed by atoms with Gasteiger partial charge in [0.1, 0.15) is 0 Å². The van der Waals surface area contributed by atoms with Crippen LogP contribution in [0, 0.1) is 0 Å². The van der Waals surface area contributed by atoms with E-state index in [1.54, 1.807) is 18.1 Å². The number of hydrogen-bond acceptors (Lipinski definition) is 5. The summed E-state index contributed by atoms with van der Waals surface area (Å²) in [4.78, 5) is 16.0. The summed E-state index contributed by atoms with van der Waals surface area (Å²) in [5.41, 5.74) is 0.435. The minimum Gasteiger partial charge on any atom is -0.339 e. The molecule has 0 atom stereocenters. The summed E-state index contributed by atoms with van der Waals surface area (Å²) in [6.45, 7) is 3.52. The van der Waals surface area contributed by atoms with E-state index < -0.39 is 0 Å². The molecule has 1 aliphatic rings. The van der Waals surface area contributed by atoms with Crippen molar-refractivity contribution in [1.82, 2.24) is 30.1 Å². The molecule has 0 radical (unpaired) electrons. The predicted octanol–water partition coefficient (Wildman–Crippen LogP) is -0.164. The maximum Gasteiger partial charge on any atom is 0.275 e. The molecular formula is C13H24N6O. The van der Waals surface area contributed by atoms with Crippen LogP contribution in [0.1, 0.15) is 29.4 Å². The Hall–Kier alpha value is -1.47. The first kappa shape index (κ1) is 14.9. The minimum absolute atomic E-state index is 0.0629. The van der Waals surface area contributed by atoms with Gasteiger partial charge in [0.25, 0.3) is 5.91 Å². The Kier molecular flexibility index (Phi) is 5.08. The predicted molar refractivity (Wildman–Crippen MR) is 76.7 cm³/mol. The lowest BCUT2D eigenvalue weighted by Crippen LogP contribution is -2.33. The fourth-order valence-electron chi connectivity index (χ4n) is 2.27. The van der Waals surface area contributed by atoms with Crippen LogP contribution in [0.15, 0.2) is 6.20 Å². The normalized spacial score (nSPS) is 16.6. The third-order valence-electron chi connectivity index (χ3n) is 3.64. The van der Waals surface area contributed by atoms with Crippen molar-refractivity contribution < 1.29 is 4.79 Å². The summed E-state index contributed by atoms with van der Waals surface area (Å²) < 4.78 is 1.84. The highest BCUT2D eigenvalue weighted by Gasteiger charge is 2.20. The average molecular weight is 280 g/mol. The van der Waals surface area contributed by atoms with E-state index in [1.165, 1.54) is 0 Å². The monoisotopic (exact) mass is 280 g/mol. The lowest BCUT2D eigenvalue weighted by atomic mass is 10.1. The van der Waals surface area contributed by atoms with Gasteiger partial charge in [0, 0.05) is 20.1 Å². The van der Waals surface area contributed by atoms with Gasteiger partial charge < -0.3 is 15.1 Å². The molecule has 0 saturated carbocycles. The molecule has 1 fully saturated rings. The molecular weight excluding hydrogens is 256 g/mol. The molecule has 1 saturated heterocycles. The van der Waals surface area contributed by atoms with E-state index in [0.717, 1.165) is 32.5 Å². The standard InChI is InChI=1S/C13H24N6O/c1-17(2)8-9-18(3)13(20)12-10-19(16-15-12)11-4-6-14-7-5-11/h10-11,14H,4-9H2,1-3H3. The van der Waals surface area contributed by atoms with Crippen LogP contribution in [-0.2, 0) is 0 Å². The SMILES string of the molecule is CN(C)CCN(C)C(=O)c1cn(C2CCNCC2)nn1. The summed E-state index contributed by atoms with van der Waals surface area (Å²) in [6.07, 6.45) is 3.85. The molecule has 112 valence electrons. The Balaban J connectivity index is 1.95. The van der Waals surface area contributed by atoms with E-state index in [1.807, 2.05) is 18.8 Å². The van der Waals surface area contributed by atoms with E-state index in [9.17, 15) is 4.79 Å². The van der Waals surface area contributed by atoms with Crippen molar-refractivity contribution in [2.24, 2.45) is 0 Å². The molecule has 1 aromatic heterocycles. The molecule has 7 heteroatoms.